The van der Waals surface area contributed by atoms with Crippen LogP contribution in [0.15, 0.2) is 47.4 Å². The van der Waals surface area contributed by atoms with E-state index in [9.17, 15) is 22.4 Å². The number of benzene rings is 2. The quantitative estimate of drug-likeness (QED) is 0.586. The van der Waals surface area contributed by atoms with E-state index in [2.05, 4.69) is 5.32 Å². The number of carbonyl (C=O) groups is 2. The van der Waals surface area contributed by atoms with Gasteiger partial charge in [-0.25, -0.2) is 17.6 Å². The van der Waals surface area contributed by atoms with Gasteiger partial charge in [0.05, 0.1) is 12.7 Å². The van der Waals surface area contributed by atoms with E-state index in [-0.39, 0.29) is 12.1 Å². The molecular formula is C23H27FN2O6S. The standard InChI is InChI=1S/C23H27FN2O6S/c1-16(22(27)25-15-17-6-9-19(31-2)10-7-17)32-23(28)18-8-11-20(24)21(14-18)33(29,30)26-12-4-3-5-13-26/h6-11,14,16H,3-5,12-13,15H2,1-2H3,(H,25,27). The Morgan fingerprint density at radius 1 is 1.09 bits per heavy atom. The highest BCUT2D eigenvalue weighted by molar-refractivity contribution is 7.89. The van der Waals surface area contributed by atoms with Crippen LogP contribution in [0.2, 0.25) is 0 Å². The van der Waals surface area contributed by atoms with Gasteiger partial charge in [0.25, 0.3) is 5.91 Å². The molecule has 2 aromatic rings. The van der Waals surface area contributed by atoms with Gasteiger partial charge in [-0.1, -0.05) is 18.6 Å². The minimum Gasteiger partial charge on any atom is -0.497 e. The van der Waals surface area contributed by atoms with Crippen LogP contribution in [0.4, 0.5) is 4.39 Å². The van der Waals surface area contributed by atoms with Gasteiger partial charge < -0.3 is 14.8 Å². The minimum atomic E-state index is -4.08. The lowest BCUT2D eigenvalue weighted by Crippen LogP contribution is -2.36. The highest BCUT2D eigenvalue weighted by Crippen LogP contribution is 2.24. The molecule has 10 heteroatoms. The Morgan fingerprint density at radius 2 is 1.76 bits per heavy atom. The average Bonchev–Trinajstić information content (AvgIpc) is 2.83. The first-order valence-corrected chi connectivity index (χ1v) is 12.1. The Hall–Kier alpha value is -2.98. The van der Waals surface area contributed by atoms with Crippen molar-refractivity contribution in [3.05, 3.63) is 59.4 Å². The summed E-state index contributed by atoms with van der Waals surface area (Å²) in [5.41, 5.74) is 0.676. The fourth-order valence-electron chi connectivity index (χ4n) is 3.43. The lowest BCUT2D eigenvalue weighted by molar-refractivity contribution is -0.129. The minimum absolute atomic E-state index is 0.151. The molecule has 8 nitrogen and oxygen atoms in total. The molecule has 1 atom stereocenters. The molecule has 1 saturated heterocycles. The van der Waals surface area contributed by atoms with Gasteiger partial charge >= 0.3 is 5.97 Å². The van der Waals surface area contributed by atoms with E-state index in [1.807, 2.05) is 0 Å². The Labute approximate surface area is 192 Å². The molecular weight excluding hydrogens is 451 g/mol. The van der Waals surface area contributed by atoms with Crippen LogP contribution in [0, 0.1) is 5.82 Å². The van der Waals surface area contributed by atoms with E-state index in [1.165, 1.54) is 11.2 Å². The maximum Gasteiger partial charge on any atom is 0.338 e. The summed E-state index contributed by atoms with van der Waals surface area (Å²) >= 11 is 0. The van der Waals surface area contributed by atoms with Crippen LogP contribution in [0.5, 0.6) is 5.75 Å². The maximum absolute atomic E-state index is 14.4. The second kappa shape index (κ2) is 10.8. The van der Waals surface area contributed by atoms with Gasteiger partial charge in [-0.15, -0.1) is 0 Å². The van der Waals surface area contributed by atoms with Crippen molar-refractivity contribution in [1.29, 1.82) is 0 Å². The monoisotopic (exact) mass is 478 g/mol. The van der Waals surface area contributed by atoms with E-state index < -0.39 is 38.7 Å². The van der Waals surface area contributed by atoms with E-state index in [4.69, 9.17) is 9.47 Å². The number of ether oxygens (including phenoxy) is 2. The summed E-state index contributed by atoms with van der Waals surface area (Å²) < 4.78 is 51.5. The van der Waals surface area contributed by atoms with Gasteiger partial charge in [-0.3, -0.25) is 4.79 Å². The van der Waals surface area contributed by atoms with Gasteiger partial charge in [0.1, 0.15) is 16.5 Å². The highest BCUT2D eigenvalue weighted by Gasteiger charge is 2.30. The fraction of sp³-hybridized carbons (Fsp3) is 0.391. The number of piperidine rings is 1. The third-order valence-corrected chi connectivity index (χ3v) is 7.29. The molecule has 1 unspecified atom stereocenters. The summed E-state index contributed by atoms with van der Waals surface area (Å²) in [4.78, 5) is 24.3. The molecule has 1 fully saturated rings. The predicted octanol–water partition coefficient (Wildman–Crippen LogP) is 2.87. The number of hydrogen-bond acceptors (Lipinski definition) is 6. The van der Waals surface area contributed by atoms with Crippen molar-refractivity contribution < 1.29 is 31.9 Å². The zero-order valence-corrected chi connectivity index (χ0v) is 19.4. The first kappa shape index (κ1) is 24.7. The third kappa shape index (κ3) is 6.08. The fourth-order valence-corrected chi connectivity index (χ4v) is 5.04. The highest BCUT2D eigenvalue weighted by atomic mass is 32.2. The van der Waals surface area contributed by atoms with Crippen molar-refractivity contribution in [2.45, 2.75) is 43.7 Å². The van der Waals surface area contributed by atoms with E-state index in [0.29, 0.717) is 31.7 Å². The number of amides is 1. The van der Waals surface area contributed by atoms with E-state index >= 15 is 0 Å². The van der Waals surface area contributed by atoms with Gasteiger partial charge in [0.2, 0.25) is 10.0 Å². The van der Waals surface area contributed by atoms with Crippen LogP contribution in [0.3, 0.4) is 0 Å². The molecule has 1 aliphatic rings. The van der Waals surface area contributed by atoms with Crippen LogP contribution in [-0.4, -0.2) is 50.9 Å². The first-order chi connectivity index (χ1) is 15.7. The molecule has 1 N–H and O–H groups in total. The zero-order chi connectivity index (χ0) is 24.0. The SMILES string of the molecule is COc1ccc(CNC(=O)C(C)OC(=O)c2ccc(F)c(S(=O)(=O)N3CCCCC3)c2)cc1. The normalized spacial score (nSPS) is 15.5. The molecule has 0 aliphatic carbocycles. The van der Waals surface area contributed by atoms with Gasteiger partial charge in [0.15, 0.2) is 6.10 Å². The van der Waals surface area contributed by atoms with Crippen molar-refractivity contribution >= 4 is 21.9 Å². The zero-order valence-electron chi connectivity index (χ0n) is 18.5. The molecule has 3 rings (SSSR count). The molecule has 0 radical (unpaired) electrons. The molecule has 1 heterocycles. The molecule has 0 aromatic heterocycles. The van der Waals surface area contributed by atoms with Crippen LogP contribution >= 0.6 is 0 Å². The molecule has 2 aromatic carbocycles. The molecule has 178 valence electrons. The maximum atomic E-state index is 14.4. The topological polar surface area (TPSA) is 102 Å². The van der Waals surface area contributed by atoms with Crippen molar-refractivity contribution in [1.82, 2.24) is 9.62 Å². The number of sulfonamides is 1. The molecule has 1 aliphatic heterocycles. The molecule has 0 spiro atoms. The lowest BCUT2D eigenvalue weighted by atomic mass is 10.2. The second-order valence-electron chi connectivity index (χ2n) is 7.72. The number of methoxy groups -OCH3 is 1. The summed E-state index contributed by atoms with van der Waals surface area (Å²) in [6.07, 6.45) is 1.18. The predicted molar refractivity (Wildman–Crippen MR) is 119 cm³/mol. The lowest BCUT2D eigenvalue weighted by Gasteiger charge is -2.26. The Morgan fingerprint density at radius 3 is 2.39 bits per heavy atom. The summed E-state index contributed by atoms with van der Waals surface area (Å²) in [6, 6.07) is 10.1. The number of nitrogens with zero attached hydrogens (tertiary/aromatic N) is 1. The van der Waals surface area contributed by atoms with Crippen molar-refractivity contribution in [3.8, 4) is 5.75 Å². The third-order valence-electron chi connectivity index (χ3n) is 5.38. The van der Waals surface area contributed by atoms with Gasteiger partial charge in [-0.05, 0) is 55.7 Å². The number of nitrogens with one attached hydrogen (secondary N) is 1. The Kier molecular flexibility index (Phi) is 8.04. The van der Waals surface area contributed by atoms with Gasteiger partial charge in [-0.2, -0.15) is 4.31 Å². The number of halogens is 1. The van der Waals surface area contributed by atoms with Gasteiger partial charge in [0, 0.05) is 19.6 Å². The van der Waals surface area contributed by atoms with E-state index in [1.54, 1.807) is 31.4 Å². The number of esters is 1. The van der Waals surface area contributed by atoms with Crippen molar-refractivity contribution in [2.24, 2.45) is 0 Å². The Balaban J connectivity index is 1.64. The van der Waals surface area contributed by atoms with Crippen LogP contribution in [0.25, 0.3) is 0 Å². The first-order valence-electron chi connectivity index (χ1n) is 10.6. The largest absolute Gasteiger partial charge is 0.497 e. The second-order valence-corrected chi connectivity index (χ2v) is 9.63. The number of carbonyl (C=O) groups excluding carboxylic acids is 2. The summed E-state index contributed by atoms with van der Waals surface area (Å²) in [7, 11) is -2.52. The van der Waals surface area contributed by atoms with Crippen molar-refractivity contribution in [2.75, 3.05) is 20.2 Å². The van der Waals surface area contributed by atoms with Crippen LogP contribution < -0.4 is 10.1 Å². The van der Waals surface area contributed by atoms with Crippen LogP contribution in [-0.2, 0) is 26.1 Å². The van der Waals surface area contributed by atoms with Crippen molar-refractivity contribution in [3.63, 3.8) is 0 Å². The smallest absolute Gasteiger partial charge is 0.338 e. The summed E-state index contributed by atoms with van der Waals surface area (Å²) in [5, 5.41) is 2.66. The molecule has 33 heavy (non-hydrogen) atoms. The number of hydrogen-bond donors (Lipinski definition) is 1. The molecule has 1 amide bonds. The summed E-state index contributed by atoms with van der Waals surface area (Å²) in [6.45, 7) is 2.24. The summed E-state index contributed by atoms with van der Waals surface area (Å²) in [5.74, 6) is -1.70. The number of rotatable bonds is 8. The molecule has 0 saturated carbocycles. The molecule has 0 bridgehead atoms. The van der Waals surface area contributed by atoms with E-state index in [0.717, 1.165) is 30.2 Å². The Bertz CT molecular complexity index is 1100. The average molecular weight is 479 g/mol. The van der Waals surface area contributed by atoms with Crippen LogP contribution in [0.1, 0.15) is 42.1 Å².